The Balaban J connectivity index is 0.00000126. The molecule has 2 aromatic carbocycles. The summed E-state index contributed by atoms with van der Waals surface area (Å²) in [6.07, 6.45) is -1.64. The fourth-order valence-corrected chi connectivity index (χ4v) is 5.99. The maximum absolute atomic E-state index is 15.0. The molecule has 0 fully saturated rings. The minimum Gasteiger partial charge on any atom is -0.480 e. The van der Waals surface area contributed by atoms with Crippen molar-refractivity contribution < 1.29 is 70.8 Å². The molecular formula is C39H43F5N6O10. The van der Waals surface area contributed by atoms with Crippen LogP contribution in [0.15, 0.2) is 72.9 Å². The zero-order valence-electron chi connectivity index (χ0n) is 32.4. The van der Waals surface area contributed by atoms with E-state index >= 15 is 4.39 Å². The zero-order chi connectivity index (χ0) is 45.1. The van der Waals surface area contributed by atoms with Crippen LogP contribution in [0.4, 0.5) is 22.0 Å². The Labute approximate surface area is 339 Å². The average Bonchev–Trinajstić information content (AvgIpc) is 3.72. The van der Waals surface area contributed by atoms with Crippen LogP contribution in [0.2, 0.25) is 0 Å². The first-order valence-electron chi connectivity index (χ1n) is 17.9. The summed E-state index contributed by atoms with van der Waals surface area (Å²) in [6, 6.07) is 10.3. The molecular weight excluding hydrogens is 807 g/mol. The number of nitrogens with zero attached hydrogens (tertiary/aromatic N) is 3. The number of imide groups is 1. The van der Waals surface area contributed by atoms with Gasteiger partial charge in [-0.05, 0) is 41.7 Å². The summed E-state index contributed by atoms with van der Waals surface area (Å²) in [7, 11) is 0. The highest BCUT2D eigenvalue weighted by Crippen LogP contribution is 2.41. The van der Waals surface area contributed by atoms with Gasteiger partial charge >= 0.3 is 18.1 Å². The van der Waals surface area contributed by atoms with Crippen molar-refractivity contribution in [2.45, 2.75) is 58.0 Å². The Morgan fingerprint density at radius 1 is 0.917 bits per heavy atom. The van der Waals surface area contributed by atoms with Crippen LogP contribution in [0.3, 0.4) is 0 Å². The number of aliphatic carboxylic acids is 2. The van der Waals surface area contributed by atoms with Crippen molar-refractivity contribution in [2.24, 2.45) is 11.1 Å². The fourth-order valence-electron chi connectivity index (χ4n) is 5.99. The lowest BCUT2D eigenvalue weighted by Gasteiger charge is -2.41. The van der Waals surface area contributed by atoms with Gasteiger partial charge in [0.2, 0.25) is 17.7 Å². The number of aliphatic hydroxyl groups is 1. The summed E-state index contributed by atoms with van der Waals surface area (Å²) >= 11 is 0. The number of halogens is 5. The number of carboxylic acids is 2. The van der Waals surface area contributed by atoms with Gasteiger partial charge in [-0.15, -0.1) is 0 Å². The second kappa shape index (κ2) is 20.5. The molecule has 5 amide bonds. The molecule has 60 heavy (non-hydrogen) atoms. The number of aromatic nitrogens is 1. The van der Waals surface area contributed by atoms with Crippen molar-refractivity contribution in [2.75, 3.05) is 26.2 Å². The number of amides is 5. The van der Waals surface area contributed by atoms with Gasteiger partial charge in [0.15, 0.2) is 0 Å². The summed E-state index contributed by atoms with van der Waals surface area (Å²) in [4.78, 5) is 85.1. The van der Waals surface area contributed by atoms with Crippen LogP contribution < -0.4 is 16.4 Å². The van der Waals surface area contributed by atoms with Crippen LogP contribution in [0.5, 0.6) is 0 Å². The zero-order valence-corrected chi connectivity index (χ0v) is 32.4. The summed E-state index contributed by atoms with van der Waals surface area (Å²) in [5.41, 5.74) is 7.18. The van der Waals surface area contributed by atoms with Crippen molar-refractivity contribution in [3.05, 3.63) is 95.8 Å². The van der Waals surface area contributed by atoms with E-state index in [9.17, 15) is 56.5 Å². The van der Waals surface area contributed by atoms with E-state index < -0.39 is 103 Å². The summed E-state index contributed by atoms with van der Waals surface area (Å²) in [5.74, 6) is -9.43. The molecule has 1 aliphatic heterocycles. The number of benzene rings is 2. The summed E-state index contributed by atoms with van der Waals surface area (Å²) < 4.78 is 62.8. The number of carbonyl (C=O) groups is 7. The quantitative estimate of drug-likeness (QED) is 0.0903. The molecule has 324 valence electrons. The molecule has 3 atom stereocenters. The molecule has 0 saturated carbocycles. The minimum absolute atomic E-state index is 0.00338. The Kier molecular flexibility index (Phi) is 16.3. The Morgan fingerprint density at radius 3 is 2.05 bits per heavy atom. The highest BCUT2D eigenvalue weighted by molar-refractivity contribution is 6.14. The Morgan fingerprint density at radius 2 is 1.52 bits per heavy atom. The number of hydrogen-bond acceptors (Lipinski definition) is 9. The van der Waals surface area contributed by atoms with E-state index in [1.807, 2.05) is 55.7 Å². The number of alkyl halides is 3. The van der Waals surface area contributed by atoms with E-state index in [-0.39, 0.29) is 25.1 Å². The van der Waals surface area contributed by atoms with Gasteiger partial charge in [-0.1, -0.05) is 51.1 Å². The number of rotatable bonds is 16. The van der Waals surface area contributed by atoms with Gasteiger partial charge in [0.25, 0.3) is 11.8 Å². The number of carbonyl (C=O) groups excluding carboxylic acids is 5. The molecule has 16 nitrogen and oxygen atoms in total. The first-order chi connectivity index (χ1) is 27.9. The third-order valence-corrected chi connectivity index (χ3v) is 8.81. The highest BCUT2D eigenvalue weighted by Gasteiger charge is 2.39. The third kappa shape index (κ3) is 13.3. The van der Waals surface area contributed by atoms with E-state index in [1.165, 1.54) is 4.90 Å². The molecule has 1 aromatic heterocycles. The molecule has 3 aromatic rings. The first kappa shape index (κ1) is 47.9. The molecule has 0 spiro atoms. The average molecular weight is 851 g/mol. The van der Waals surface area contributed by atoms with Crippen molar-refractivity contribution in [1.82, 2.24) is 25.0 Å². The molecule has 0 saturated heterocycles. The fraction of sp³-hybridized carbons (Fsp3) is 0.359. The lowest BCUT2D eigenvalue weighted by Crippen LogP contribution is -2.54. The van der Waals surface area contributed by atoms with E-state index in [0.29, 0.717) is 16.2 Å². The van der Waals surface area contributed by atoms with Gasteiger partial charge < -0.3 is 41.2 Å². The second-order valence-corrected chi connectivity index (χ2v) is 14.4. The largest absolute Gasteiger partial charge is 0.490 e. The molecule has 0 radical (unpaired) electrons. The number of carboxylic acid groups (broad SMARTS) is 2. The van der Waals surface area contributed by atoms with Gasteiger partial charge in [0.05, 0.1) is 12.1 Å². The molecule has 0 aliphatic carbocycles. The molecule has 0 bridgehead atoms. The second-order valence-electron chi connectivity index (χ2n) is 14.4. The SMILES string of the molecule is CC(C)(C)C(c1cc(-c2cc(F)ccc2F)cn1Cc1ccccc1)N(CCC(N)C(=O)N[C@@H](CNC(=O)CN1C(=O)C=CC1=O)C(=O)O)C(=O)CO.O=C(O)C(F)(F)F. The van der Waals surface area contributed by atoms with Crippen LogP contribution in [-0.4, -0.2) is 116 Å². The number of nitrogens with two attached hydrogens (primary N) is 1. The Bertz CT molecular complexity index is 2080. The monoisotopic (exact) mass is 850 g/mol. The van der Waals surface area contributed by atoms with Crippen molar-refractivity contribution in [3.63, 3.8) is 0 Å². The van der Waals surface area contributed by atoms with E-state index in [0.717, 1.165) is 35.9 Å². The Hall–Kier alpha value is -6.48. The molecule has 7 N–H and O–H groups in total. The van der Waals surface area contributed by atoms with Crippen LogP contribution in [0, 0.1) is 17.0 Å². The molecule has 2 unspecified atom stereocenters. The predicted octanol–water partition coefficient (Wildman–Crippen LogP) is 2.35. The van der Waals surface area contributed by atoms with Gasteiger partial charge in [-0.2, -0.15) is 13.2 Å². The summed E-state index contributed by atoms with van der Waals surface area (Å²) in [5, 5.41) is 31.4. The number of aliphatic hydroxyl groups excluding tert-OH is 1. The van der Waals surface area contributed by atoms with Crippen LogP contribution in [0.25, 0.3) is 11.1 Å². The van der Waals surface area contributed by atoms with Crippen LogP contribution in [0.1, 0.15) is 44.5 Å². The molecule has 4 rings (SSSR count). The van der Waals surface area contributed by atoms with Crippen LogP contribution in [-0.2, 0) is 40.1 Å². The normalized spacial score (nSPS) is 14.1. The highest BCUT2D eigenvalue weighted by atomic mass is 19.4. The van der Waals surface area contributed by atoms with Crippen molar-refractivity contribution in [3.8, 4) is 11.1 Å². The van der Waals surface area contributed by atoms with E-state index in [4.69, 9.17) is 15.6 Å². The van der Waals surface area contributed by atoms with E-state index in [1.54, 1.807) is 12.3 Å². The molecule has 21 heteroatoms. The van der Waals surface area contributed by atoms with Gasteiger partial charge in [0.1, 0.15) is 30.8 Å². The maximum atomic E-state index is 15.0. The molecule has 1 aliphatic rings. The topological polar surface area (TPSA) is 242 Å². The smallest absolute Gasteiger partial charge is 0.480 e. The van der Waals surface area contributed by atoms with Crippen LogP contribution >= 0.6 is 0 Å². The predicted molar refractivity (Wildman–Crippen MR) is 201 cm³/mol. The standard InChI is InChI=1S/C37H42F2N6O8.C2HF3O2/c1-37(2,3)34(29-15-23(25-16-24(38)9-10-26(25)39)19-43(29)18-22-7-5-4-6-8-22)44(33(50)21-46)14-13-27(40)35(51)42-28(36(52)53)17-41-30(47)20-45-31(48)11-12-32(45)49;3-2(4,5)1(6)7/h4-12,15-16,19,27-28,34,46H,13-14,17-18,20-21,40H2,1-3H3,(H,41,47)(H,42,51)(H,52,53);(H,6,7)/t27?,28-,34?;/m0./s1. The van der Waals surface area contributed by atoms with Crippen molar-refractivity contribution in [1.29, 1.82) is 0 Å². The van der Waals surface area contributed by atoms with Gasteiger partial charge in [-0.25, -0.2) is 18.4 Å². The lowest BCUT2D eigenvalue weighted by atomic mass is 9.82. The van der Waals surface area contributed by atoms with Gasteiger partial charge in [0, 0.05) is 54.8 Å². The number of hydrogen-bond donors (Lipinski definition) is 6. The molecule has 2 heterocycles. The lowest BCUT2D eigenvalue weighted by molar-refractivity contribution is -0.192. The summed E-state index contributed by atoms with van der Waals surface area (Å²) in [6.45, 7) is 3.51. The van der Waals surface area contributed by atoms with Crippen molar-refractivity contribution >= 4 is 41.5 Å². The number of nitrogens with one attached hydrogen (secondary N) is 2. The maximum Gasteiger partial charge on any atom is 0.490 e. The first-order valence-corrected chi connectivity index (χ1v) is 17.9. The van der Waals surface area contributed by atoms with E-state index in [2.05, 4.69) is 10.6 Å². The van der Waals surface area contributed by atoms with Gasteiger partial charge in [-0.3, -0.25) is 28.9 Å². The minimum atomic E-state index is -5.08. The third-order valence-electron chi connectivity index (χ3n) is 8.81.